The van der Waals surface area contributed by atoms with Crippen molar-refractivity contribution >= 4 is 17.3 Å². The quantitative estimate of drug-likeness (QED) is 0.662. The summed E-state index contributed by atoms with van der Waals surface area (Å²) >= 11 is 5.34. The molecule has 0 heterocycles. The molecule has 3 nitrogen and oxygen atoms in total. The van der Waals surface area contributed by atoms with Crippen molar-refractivity contribution in [2.75, 3.05) is 0 Å². The van der Waals surface area contributed by atoms with Crippen LogP contribution in [0.2, 0.25) is 0 Å². The fraction of sp³-hybridized carbons (Fsp3) is 0.923. The molecule has 2 aliphatic carbocycles. The number of nitrogens with one attached hydrogen (secondary N) is 2. The molecule has 0 aromatic carbocycles. The third-order valence-corrected chi connectivity index (χ3v) is 4.22. The standard InChI is InChI=1S/C13H24N2OS/c16-12-9-5-4-8-11(12)15-13(17)14-10-6-2-1-3-7-10/h10-12,16H,1-9H2,(H2,14,15,17)/t11-,12-/m1/s1. The Morgan fingerprint density at radius 3 is 2.24 bits per heavy atom. The summed E-state index contributed by atoms with van der Waals surface area (Å²) in [5, 5.41) is 17.3. The highest BCUT2D eigenvalue weighted by atomic mass is 32.1. The Kier molecular flexibility index (Phi) is 5.04. The Morgan fingerprint density at radius 1 is 0.882 bits per heavy atom. The van der Waals surface area contributed by atoms with Crippen molar-refractivity contribution < 1.29 is 5.11 Å². The van der Waals surface area contributed by atoms with Crippen LogP contribution in [0.1, 0.15) is 57.8 Å². The van der Waals surface area contributed by atoms with Crippen LogP contribution in [0.15, 0.2) is 0 Å². The SMILES string of the molecule is O[C@@H]1CCCC[C@H]1NC(=S)NC1CCCCC1. The van der Waals surface area contributed by atoms with Gasteiger partial charge in [0.15, 0.2) is 5.11 Å². The molecule has 0 unspecified atom stereocenters. The summed E-state index contributed by atoms with van der Waals surface area (Å²) in [6.07, 6.45) is 10.5. The number of aliphatic hydroxyl groups excluding tert-OH is 1. The Hall–Kier alpha value is -0.350. The summed E-state index contributed by atoms with van der Waals surface area (Å²) < 4.78 is 0. The van der Waals surface area contributed by atoms with E-state index < -0.39 is 0 Å². The normalized spacial score (nSPS) is 30.9. The van der Waals surface area contributed by atoms with Crippen LogP contribution >= 0.6 is 12.2 Å². The summed E-state index contributed by atoms with van der Waals surface area (Å²) in [5.74, 6) is 0. The molecule has 2 saturated carbocycles. The molecule has 0 aromatic heterocycles. The van der Waals surface area contributed by atoms with E-state index in [1.165, 1.54) is 38.5 Å². The van der Waals surface area contributed by atoms with Gasteiger partial charge in [0.25, 0.3) is 0 Å². The monoisotopic (exact) mass is 256 g/mol. The Bertz CT molecular complexity index is 254. The predicted octanol–water partition coefficient (Wildman–Crippen LogP) is 2.09. The van der Waals surface area contributed by atoms with E-state index in [9.17, 15) is 5.11 Å². The van der Waals surface area contributed by atoms with Gasteiger partial charge in [0.05, 0.1) is 12.1 Å². The first-order valence-corrected chi connectivity index (χ1v) is 7.41. The van der Waals surface area contributed by atoms with E-state index in [2.05, 4.69) is 10.6 Å². The fourth-order valence-electron chi connectivity index (χ4n) is 2.92. The van der Waals surface area contributed by atoms with Crippen molar-refractivity contribution in [2.45, 2.75) is 76.0 Å². The smallest absolute Gasteiger partial charge is 0.166 e. The third-order valence-electron chi connectivity index (χ3n) is 3.99. The predicted molar refractivity (Wildman–Crippen MR) is 74.0 cm³/mol. The van der Waals surface area contributed by atoms with E-state index in [0.29, 0.717) is 6.04 Å². The molecule has 2 atom stereocenters. The lowest BCUT2D eigenvalue weighted by Crippen LogP contribution is -2.51. The summed E-state index contributed by atoms with van der Waals surface area (Å²) in [6.45, 7) is 0. The summed E-state index contributed by atoms with van der Waals surface area (Å²) in [6, 6.07) is 0.705. The fourth-order valence-corrected chi connectivity index (χ4v) is 3.24. The van der Waals surface area contributed by atoms with Crippen LogP contribution in [0.5, 0.6) is 0 Å². The van der Waals surface area contributed by atoms with Crippen LogP contribution < -0.4 is 10.6 Å². The van der Waals surface area contributed by atoms with Gasteiger partial charge in [-0.15, -0.1) is 0 Å². The third kappa shape index (κ3) is 4.11. The Labute approximate surface area is 109 Å². The molecule has 0 radical (unpaired) electrons. The summed E-state index contributed by atoms with van der Waals surface area (Å²) in [4.78, 5) is 0. The van der Waals surface area contributed by atoms with E-state index in [1.807, 2.05) is 0 Å². The lowest BCUT2D eigenvalue weighted by molar-refractivity contribution is 0.0995. The zero-order chi connectivity index (χ0) is 12.1. The average molecular weight is 256 g/mol. The van der Waals surface area contributed by atoms with Gasteiger partial charge in [0.1, 0.15) is 0 Å². The van der Waals surface area contributed by atoms with Crippen molar-refractivity contribution in [3.05, 3.63) is 0 Å². The highest BCUT2D eigenvalue weighted by Gasteiger charge is 2.24. The average Bonchev–Trinajstić information content (AvgIpc) is 2.33. The highest BCUT2D eigenvalue weighted by Crippen LogP contribution is 2.19. The van der Waals surface area contributed by atoms with Crippen molar-refractivity contribution in [1.82, 2.24) is 10.6 Å². The highest BCUT2D eigenvalue weighted by molar-refractivity contribution is 7.80. The second kappa shape index (κ2) is 6.55. The second-order valence-electron chi connectivity index (χ2n) is 5.41. The van der Waals surface area contributed by atoms with E-state index >= 15 is 0 Å². The minimum atomic E-state index is -0.227. The van der Waals surface area contributed by atoms with E-state index in [-0.39, 0.29) is 12.1 Å². The molecule has 98 valence electrons. The van der Waals surface area contributed by atoms with E-state index in [0.717, 1.165) is 24.4 Å². The molecule has 0 bridgehead atoms. The van der Waals surface area contributed by atoms with Gasteiger partial charge in [-0.05, 0) is 37.9 Å². The summed E-state index contributed by atoms with van der Waals surface area (Å²) in [7, 11) is 0. The first-order chi connectivity index (χ1) is 8.25. The first-order valence-electron chi connectivity index (χ1n) is 7.01. The zero-order valence-corrected chi connectivity index (χ0v) is 11.3. The Morgan fingerprint density at radius 2 is 1.53 bits per heavy atom. The summed E-state index contributed by atoms with van der Waals surface area (Å²) in [5.41, 5.74) is 0. The van der Waals surface area contributed by atoms with Gasteiger partial charge in [0.2, 0.25) is 0 Å². The number of thiocarbonyl (C=S) groups is 1. The van der Waals surface area contributed by atoms with Crippen molar-refractivity contribution in [3.8, 4) is 0 Å². The molecule has 4 heteroatoms. The number of hydrogen-bond acceptors (Lipinski definition) is 2. The molecule has 0 amide bonds. The van der Waals surface area contributed by atoms with Crippen LogP contribution in [0.4, 0.5) is 0 Å². The molecule has 0 spiro atoms. The van der Waals surface area contributed by atoms with Crippen LogP contribution in [0.3, 0.4) is 0 Å². The molecular formula is C13H24N2OS. The topological polar surface area (TPSA) is 44.3 Å². The van der Waals surface area contributed by atoms with Gasteiger partial charge in [0, 0.05) is 6.04 Å². The maximum Gasteiger partial charge on any atom is 0.166 e. The van der Waals surface area contributed by atoms with Crippen LogP contribution in [-0.4, -0.2) is 28.4 Å². The van der Waals surface area contributed by atoms with Crippen molar-refractivity contribution in [1.29, 1.82) is 0 Å². The van der Waals surface area contributed by atoms with Crippen molar-refractivity contribution in [3.63, 3.8) is 0 Å². The zero-order valence-electron chi connectivity index (χ0n) is 10.5. The first kappa shape index (κ1) is 13.1. The molecule has 3 N–H and O–H groups in total. The molecule has 2 aliphatic rings. The number of rotatable bonds is 2. The molecular weight excluding hydrogens is 232 g/mol. The van der Waals surface area contributed by atoms with Crippen LogP contribution in [0.25, 0.3) is 0 Å². The molecule has 2 rings (SSSR count). The lowest BCUT2D eigenvalue weighted by atomic mass is 9.92. The second-order valence-corrected chi connectivity index (χ2v) is 5.82. The van der Waals surface area contributed by atoms with Crippen LogP contribution in [-0.2, 0) is 0 Å². The minimum absolute atomic E-state index is 0.160. The van der Waals surface area contributed by atoms with Gasteiger partial charge in [-0.3, -0.25) is 0 Å². The molecule has 0 saturated heterocycles. The lowest BCUT2D eigenvalue weighted by Gasteiger charge is -2.31. The maximum atomic E-state index is 9.87. The maximum absolute atomic E-state index is 9.87. The largest absolute Gasteiger partial charge is 0.391 e. The van der Waals surface area contributed by atoms with Gasteiger partial charge >= 0.3 is 0 Å². The minimum Gasteiger partial charge on any atom is -0.391 e. The van der Waals surface area contributed by atoms with E-state index in [4.69, 9.17) is 12.2 Å². The van der Waals surface area contributed by atoms with Crippen molar-refractivity contribution in [2.24, 2.45) is 0 Å². The number of hydrogen-bond donors (Lipinski definition) is 3. The number of aliphatic hydroxyl groups is 1. The molecule has 17 heavy (non-hydrogen) atoms. The Balaban J connectivity index is 1.72. The van der Waals surface area contributed by atoms with Gasteiger partial charge < -0.3 is 15.7 Å². The van der Waals surface area contributed by atoms with Gasteiger partial charge in [-0.25, -0.2) is 0 Å². The molecule has 0 aromatic rings. The molecule has 0 aliphatic heterocycles. The van der Waals surface area contributed by atoms with Gasteiger partial charge in [-0.1, -0.05) is 32.1 Å². The van der Waals surface area contributed by atoms with Gasteiger partial charge in [-0.2, -0.15) is 0 Å². The molecule has 2 fully saturated rings. The van der Waals surface area contributed by atoms with E-state index in [1.54, 1.807) is 0 Å². The van der Waals surface area contributed by atoms with Crippen LogP contribution in [0, 0.1) is 0 Å².